The molecule has 2 atom stereocenters. The summed E-state index contributed by atoms with van der Waals surface area (Å²) >= 11 is 0. The number of rotatable bonds is 2. The van der Waals surface area contributed by atoms with E-state index < -0.39 is 18.1 Å². The van der Waals surface area contributed by atoms with E-state index in [4.69, 9.17) is 0 Å². The molecule has 0 radical (unpaired) electrons. The van der Waals surface area contributed by atoms with Gasteiger partial charge in [-0.15, -0.1) is 0 Å². The van der Waals surface area contributed by atoms with Gasteiger partial charge in [0.25, 0.3) is 11.5 Å². The first-order chi connectivity index (χ1) is 14.5. The van der Waals surface area contributed by atoms with Crippen LogP contribution in [-0.2, 0) is 13.0 Å². The number of H-pyrrole nitrogens is 1. The first kappa shape index (κ1) is 20.1. The fourth-order valence-corrected chi connectivity index (χ4v) is 4.58. The fourth-order valence-electron chi connectivity index (χ4n) is 4.58. The molecule has 11 heteroatoms. The van der Waals surface area contributed by atoms with Gasteiger partial charge in [0.15, 0.2) is 11.7 Å². The van der Waals surface area contributed by atoms with Crippen LogP contribution in [0.5, 0.6) is 0 Å². The summed E-state index contributed by atoms with van der Waals surface area (Å²) in [6, 6.07) is -0.671. The number of aromatic amines is 1. The Labute approximate surface area is 175 Å². The number of hydrogen-bond donors (Lipinski definition) is 2. The van der Waals surface area contributed by atoms with E-state index in [1.54, 1.807) is 6.92 Å². The maximum absolute atomic E-state index is 13.8. The summed E-state index contributed by atoms with van der Waals surface area (Å²) in [4.78, 5) is 33.6. The molecule has 166 valence electrons. The Hall–Kier alpha value is -2.85. The summed E-state index contributed by atoms with van der Waals surface area (Å²) in [5.41, 5.74) is 0.638. The van der Waals surface area contributed by atoms with Crippen molar-refractivity contribution in [1.82, 2.24) is 24.6 Å². The van der Waals surface area contributed by atoms with Crippen molar-refractivity contribution in [3.05, 3.63) is 39.2 Å². The van der Waals surface area contributed by atoms with Crippen molar-refractivity contribution in [2.45, 2.75) is 64.3 Å². The second-order valence-electron chi connectivity index (χ2n) is 9.06. The van der Waals surface area contributed by atoms with E-state index in [2.05, 4.69) is 20.4 Å². The molecule has 0 bridgehead atoms. The van der Waals surface area contributed by atoms with Crippen molar-refractivity contribution in [3.8, 4) is 0 Å². The Morgan fingerprint density at radius 1 is 1.32 bits per heavy atom. The molecular formula is C20H23F3N6O2. The van der Waals surface area contributed by atoms with Crippen LogP contribution in [0.1, 0.15) is 59.8 Å². The topological polar surface area (TPSA) is 95.9 Å². The lowest BCUT2D eigenvalue weighted by Crippen LogP contribution is -2.42. The molecule has 8 nitrogen and oxygen atoms in total. The van der Waals surface area contributed by atoms with Crippen LogP contribution in [0.15, 0.2) is 10.9 Å². The van der Waals surface area contributed by atoms with Gasteiger partial charge in [0, 0.05) is 24.2 Å². The van der Waals surface area contributed by atoms with Gasteiger partial charge >= 0.3 is 6.18 Å². The first-order valence-corrected chi connectivity index (χ1v) is 10.4. The third kappa shape index (κ3) is 3.39. The molecule has 2 aliphatic heterocycles. The molecular weight excluding hydrogens is 413 g/mol. The number of carbonyl (C=O) groups is 1. The lowest BCUT2D eigenvalue weighted by molar-refractivity contribution is -0.174. The Balaban J connectivity index is 1.44. The fraction of sp³-hybridized carbons (Fsp3) is 0.600. The van der Waals surface area contributed by atoms with Crippen LogP contribution in [-0.4, -0.2) is 49.3 Å². The Kier molecular flexibility index (Phi) is 4.26. The third-order valence-corrected chi connectivity index (χ3v) is 6.77. The summed E-state index contributed by atoms with van der Waals surface area (Å²) in [5.74, 6) is 0.203. The summed E-state index contributed by atoms with van der Waals surface area (Å²) < 4.78 is 42.3. The van der Waals surface area contributed by atoms with Gasteiger partial charge in [0.05, 0.1) is 12.2 Å². The van der Waals surface area contributed by atoms with Crippen molar-refractivity contribution in [2.75, 3.05) is 11.9 Å². The van der Waals surface area contributed by atoms with E-state index in [0.29, 0.717) is 23.5 Å². The smallest absolute Gasteiger partial charge is 0.367 e. The monoisotopic (exact) mass is 436 g/mol. The molecule has 2 N–H and O–H groups in total. The highest BCUT2D eigenvalue weighted by Crippen LogP contribution is 2.54. The molecule has 5 rings (SSSR count). The SMILES string of the molecule is Cc1nc2c(c(=O)[nH]1)CCN(C(=O)c1cc3n(n1)C(C(F)(F)F)CC(C1(C)CC1)N3)C2. The number of nitrogens with zero attached hydrogens (tertiary/aromatic N) is 4. The number of fused-ring (bicyclic) bond motifs is 2. The van der Waals surface area contributed by atoms with Gasteiger partial charge in [-0.1, -0.05) is 6.92 Å². The summed E-state index contributed by atoms with van der Waals surface area (Å²) in [6.45, 7) is 4.04. The van der Waals surface area contributed by atoms with Crippen LogP contribution in [0, 0.1) is 12.3 Å². The number of amides is 1. The highest BCUT2D eigenvalue weighted by molar-refractivity contribution is 5.93. The number of anilines is 1. The highest BCUT2D eigenvalue weighted by Gasteiger charge is 2.53. The molecule has 1 aliphatic carbocycles. The Bertz CT molecular complexity index is 1120. The third-order valence-electron chi connectivity index (χ3n) is 6.77. The second-order valence-corrected chi connectivity index (χ2v) is 9.06. The largest absolute Gasteiger partial charge is 0.410 e. The van der Waals surface area contributed by atoms with Gasteiger partial charge in [-0.2, -0.15) is 18.3 Å². The number of nitrogens with one attached hydrogen (secondary N) is 2. The van der Waals surface area contributed by atoms with Gasteiger partial charge in [-0.25, -0.2) is 9.67 Å². The molecule has 2 aromatic heterocycles. The minimum Gasteiger partial charge on any atom is -0.367 e. The summed E-state index contributed by atoms with van der Waals surface area (Å²) in [7, 11) is 0. The zero-order chi connectivity index (χ0) is 22.1. The molecule has 0 aromatic carbocycles. The van der Waals surface area contributed by atoms with Crippen molar-refractivity contribution < 1.29 is 18.0 Å². The number of aryl methyl sites for hydroxylation is 1. The molecule has 4 heterocycles. The number of halogens is 3. The molecule has 31 heavy (non-hydrogen) atoms. The van der Waals surface area contributed by atoms with Gasteiger partial charge in [0.1, 0.15) is 11.6 Å². The van der Waals surface area contributed by atoms with E-state index in [1.165, 1.54) is 11.0 Å². The number of aromatic nitrogens is 4. The van der Waals surface area contributed by atoms with E-state index in [-0.39, 0.29) is 48.0 Å². The normalized spacial score (nSPS) is 24.2. The molecule has 1 saturated carbocycles. The van der Waals surface area contributed by atoms with E-state index in [1.807, 2.05) is 6.92 Å². The van der Waals surface area contributed by atoms with Crippen LogP contribution in [0.25, 0.3) is 0 Å². The molecule has 2 unspecified atom stereocenters. The molecule has 0 saturated heterocycles. The van der Waals surface area contributed by atoms with Crippen molar-refractivity contribution in [2.24, 2.45) is 5.41 Å². The van der Waals surface area contributed by atoms with Crippen LogP contribution in [0.4, 0.5) is 19.0 Å². The average molecular weight is 436 g/mol. The maximum Gasteiger partial charge on any atom is 0.410 e. The van der Waals surface area contributed by atoms with Gasteiger partial charge in [-0.3, -0.25) is 9.59 Å². The predicted molar refractivity (Wildman–Crippen MR) is 105 cm³/mol. The molecule has 2 aromatic rings. The standard InChI is InChI=1S/C20H23F3N6O2/c1-10-24-13-9-28(6-3-11(13)17(30)25-10)18(31)12-7-16-26-14(19(2)4-5-19)8-15(20(21,22)23)29(16)27-12/h7,14-15,26H,3-6,8-9H2,1-2H3,(H,24,25,30). The number of hydrogen-bond acceptors (Lipinski definition) is 5. The Morgan fingerprint density at radius 2 is 2.06 bits per heavy atom. The molecule has 0 spiro atoms. The Morgan fingerprint density at radius 3 is 2.74 bits per heavy atom. The van der Waals surface area contributed by atoms with Gasteiger partial charge < -0.3 is 15.2 Å². The lowest BCUT2D eigenvalue weighted by atomic mass is 9.90. The quantitative estimate of drug-likeness (QED) is 0.755. The molecule has 1 amide bonds. The van der Waals surface area contributed by atoms with Gasteiger partial charge in [0.2, 0.25) is 0 Å². The zero-order valence-corrected chi connectivity index (χ0v) is 17.2. The predicted octanol–water partition coefficient (Wildman–Crippen LogP) is 2.56. The summed E-state index contributed by atoms with van der Waals surface area (Å²) in [5, 5.41) is 7.24. The van der Waals surface area contributed by atoms with Crippen molar-refractivity contribution >= 4 is 11.7 Å². The maximum atomic E-state index is 13.8. The lowest BCUT2D eigenvalue weighted by Gasteiger charge is -2.36. The van der Waals surface area contributed by atoms with Crippen LogP contribution < -0.4 is 10.9 Å². The molecule has 1 fully saturated rings. The minimum atomic E-state index is -4.46. The second kappa shape index (κ2) is 6.57. The first-order valence-electron chi connectivity index (χ1n) is 10.4. The highest BCUT2D eigenvalue weighted by atomic mass is 19.4. The van der Waals surface area contributed by atoms with Crippen LogP contribution in [0.2, 0.25) is 0 Å². The van der Waals surface area contributed by atoms with Crippen molar-refractivity contribution in [3.63, 3.8) is 0 Å². The average Bonchev–Trinajstić information content (AvgIpc) is 3.30. The summed E-state index contributed by atoms with van der Waals surface area (Å²) in [6.07, 6.45) is -2.46. The van der Waals surface area contributed by atoms with E-state index in [0.717, 1.165) is 17.5 Å². The van der Waals surface area contributed by atoms with Gasteiger partial charge in [-0.05, 0) is 38.0 Å². The molecule has 3 aliphatic rings. The van der Waals surface area contributed by atoms with Crippen molar-refractivity contribution in [1.29, 1.82) is 0 Å². The van der Waals surface area contributed by atoms with E-state index in [9.17, 15) is 22.8 Å². The zero-order valence-electron chi connectivity index (χ0n) is 17.2. The van der Waals surface area contributed by atoms with Crippen LogP contribution in [0.3, 0.4) is 0 Å². The van der Waals surface area contributed by atoms with E-state index >= 15 is 0 Å². The van der Waals surface area contributed by atoms with Crippen LogP contribution >= 0.6 is 0 Å². The number of alkyl halides is 3. The number of carbonyl (C=O) groups excluding carboxylic acids is 1. The minimum absolute atomic E-state index is 0.0386.